The Morgan fingerprint density at radius 1 is 1.35 bits per heavy atom. The van der Waals surface area contributed by atoms with Gasteiger partial charge in [-0.1, -0.05) is 12.1 Å². The van der Waals surface area contributed by atoms with E-state index in [0.29, 0.717) is 6.54 Å². The lowest BCUT2D eigenvalue weighted by Gasteiger charge is -2.16. The molecule has 2 heterocycles. The van der Waals surface area contributed by atoms with Gasteiger partial charge in [0.2, 0.25) is 5.91 Å². The molecular formula is C14H17ClN4O. The van der Waals surface area contributed by atoms with Crippen molar-refractivity contribution < 1.29 is 4.79 Å². The predicted molar refractivity (Wildman–Crippen MR) is 81.4 cm³/mol. The quantitative estimate of drug-likeness (QED) is 0.873. The number of halogens is 1. The van der Waals surface area contributed by atoms with Crippen LogP contribution in [-0.4, -0.2) is 28.4 Å². The molecule has 0 aliphatic carbocycles. The van der Waals surface area contributed by atoms with Crippen LogP contribution in [0, 0.1) is 0 Å². The highest BCUT2D eigenvalue weighted by atomic mass is 35.5. The molecule has 1 atom stereocenters. The second kappa shape index (κ2) is 5.64. The van der Waals surface area contributed by atoms with E-state index in [4.69, 9.17) is 11.5 Å². The van der Waals surface area contributed by atoms with Gasteiger partial charge >= 0.3 is 0 Å². The van der Waals surface area contributed by atoms with Crippen molar-refractivity contribution in [2.45, 2.75) is 19.0 Å². The third-order valence-electron chi connectivity index (χ3n) is 3.55. The molecule has 1 amide bonds. The molecule has 6 heteroatoms. The van der Waals surface area contributed by atoms with E-state index in [2.05, 4.69) is 4.98 Å². The molecule has 1 aliphatic heterocycles. The van der Waals surface area contributed by atoms with Crippen LogP contribution in [0.4, 0.5) is 5.69 Å². The van der Waals surface area contributed by atoms with Gasteiger partial charge in [-0.3, -0.25) is 9.78 Å². The first-order valence-corrected chi connectivity index (χ1v) is 6.32. The molecule has 0 radical (unpaired) electrons. The summed E-state index contributed by atoms with van der Waals surface area (Å²) in [4.78, 5) is 17.9. The zero-order valence-electron chi connectivity index (χ0n) is 11.0. The molecule has 3 rings (SSSR count). The summed E-state index contributed by atoms with van der Waals surface area (Å²) in [5.74, 6) is 0.0284. The van der Waals surface area contributed by atoms with Crippen LogP contribution in [0.15, 0.2) is 30.5 Å². The van der Waals surface area contributed by atoms with Gasteiger partial charge in [0, 0.05) is 30.4 Å². The van der Waals surface area contributed by atoms with Crippen molar-refractivity contribution in [2.24, 2.45) is 5.73 Å². The Morgan fingerprint density at radius 3 is 2.85 bits per heavy atom. The normalized spacial score (nSPS) is 18.4. The number of nitrogens with two attached hydrogens (primary N) is 2. The lowest BCUT2D eigenvalue weighted by Crippen LogP contribution is -2.33. The molecule has 1 aromatic heterocycles. The number of amides is 1. The Bertz CT molecular complexity index is 646. The van der Waals surface area contributed by atoms with Crippen LogP contribution in [0.2, 0.25) is 0 Å². The highest BCUT2D eigenvalue weighted by Crippen LogP contribution is 2.21. The number of rotatable bonds is 2. The first kappa shape index (κ1) is 14.6. The second-order valence-electron chi connectivity index (χ2n) is 4.91. The maximum absolute atomic E-state index is 11.8. The topological polar surface area (TPSA) is 85.2 Å². The molecular weight excluding hydrogens is 276 g/mol. The van der Waals surface area contributed by atoms with Gasteiger partial charge in [-0.2, -0.15) is 0 Å². The number of benzene rings is 1. The van der Waals surface area contributed by atoms with E-state index in [-0.39, 0.29) is 24.4 Å². The standard InChI is InChI=1S/C14H16N4O.ClH/c15-11-3-5-17-13-7-9(1-2-10(11)13)8-18-6-4-12(16)14(18)19;/h1-3,5,7,12H,4,6,8,16H2,(H2,15,17);1H/t12-;/m0./s1. The van der Waals surface area contributed by atoms with Crippen molar-refractivity contribution in [3.8, 4) is 0 Å². The lowest BCUT2D eigenvalue weighted by molar-refractivity contribution is -0.129. The van der Waals surface area contributed by atoms with Gasteiger partial charge in [-0.25, -0.2) is 0 Å². The van der Waals surface area contributed by atoms with E-state index < -0.39 is 0 Å². The molecule has 4 N–H and O–H groups in total. The minimum Gasteiger partial charge on any atom is -0.398 e. The Hall–Kier alpha value is -1.85. The highest BCUT2D eigenvalue weighted by molar-refractivity contribution is 5.90. The number of likely N-dealkylation sites (tertiary alicyclic amines) is 1. The molecule has 0 bridgehead atoms. The number of pyridine rings is 1. The van der Waals surface area contributed by atoms with Crippen LogP contribution < -0.4 is 11.5 Å². The maximum Gasteiger partial charge on any atom is 0.239 e. The summed E-state index contributed by atoms with van der Waals surface area (Å²) in [6.45, 7) is 1.31. The summed E-state index contributed by atoms with van der Waals surface area (Å²) in [5.41, 5.74) is 14.2. The van der Waals surface area contributed by atoms with Crippen LogP contribution in [0.5, 0.6) is 0 Å². The second-order valence-corrected chi connectivity index (χ2v) is 4.91. The third kappa shape index (κ3) is 2.55. The Kier molecular flexibility index (Phi) is 4.11. The summed E-state index contributed by atoms with van der Waals surface area (Å²) in [6, 6.07) is 7.35. The van der Waals surface area contributed by atoms with Crippen molar-refractivity contribution in [1.82, 2.24) is 9.88 Å². The van der Waals surface area contributed by atoms with Gasteiger partial charge in [-0.05, 0) is 24.1 Å². The fourth-order valence-electron chi connectivity index (χ4n) is 2.45. The van der Waals surface area contributed by atoms with E-state index >= 15 is 0 Å². The van der Waals surface area contributed by atoms with E-state index in [1.807, 2.05) is 18.2 Å². The van der Waals surface area contributed by atoms with Gasteiger partial charge in [0.05, 0.1) is 11.6 Å². The number of hydrogen-bond donors (Lipinski definition) is 2. The van der Waals surface area contributed by atoms with Gasteiger partial charge < -0.3 is 16.4 Å². The SMILES string of the molecule is Cl.Nc1ccnc2cc(CN3CC[C@H](N)C3=O)ccc12. The zero-order chi connectivity index (χ0) is 13.4. The fourth-order valence-corrected chi connectivity index (χ4v) is 2.45. The number of nitrogens with zero attached hydrogens (tertiary/aromatic N) is 2. The van der Waals surface area contributed by atoms with Crippen molar-refractivity contribution in [2.75, 3.05) is 12.3 Å². The highest BCUT2D eigenvalue weighted by Gasteiger charge is 2.28. The number of carbonyl (C=O) groups excluding carboxylic acids is 1. The Balaban J connectivity index is 0.00000147. The van der Waals surface area contributed by atoms with Gasteiger partial charge in [0.25, 0.3) is 0 Å². The monoisotopic (exact) mass is 292 g/mol. The largest absolute Gasteiger partial charge is 0.398 e. The summed E-state index contributed by atoms with van der Waals surface area (Å²) in [5, 5.41) is 0.940. The smallest absolute Gasteiger partial charge is 0.239 e. The minimum absolute atomic E-state index is 0. The molecule has 1 aliphatic rings. The summed E-state index contributed by atoms with van der Waals surface area (Å²) in [6.07, 6.45) is 2.43. The molecule has 1 fully saturated rings. The number of nitrogen functional groups attached to an aromatic ring is 1. The maximum atomic E-state index is 11.8. The molecule has 1 aromatic carbocycles. The van der Waals surface area contributed by atoms with Crippen LogP contribution in [0.3, 0.4) is 0 Å². The van der Waals surface area contributed by atoms with Crippen molar-refractivity contribution >= 4 is 34.9 Å². The number of anilines is 1. The minimum atomic E-state index is -0.339. The van der Waals surface area contributed by atoms with Gasteiger partial charge in [0.15, 0.2) is 0 Å². The molecule has 106 valence electrons. The van der Waals surface area contributed by atoms with E-state index in [0.717, 1.165) is 35.1 Å². The van der Waals surface area contributed by atoms with Crippen molar-refractivity contribution in [3.05, 3.63) is 36.0 Å². The number of fused-ring (bicyclic) bond motifs is 1. The van der Waals surface area contributed by atoms with Crippen LogP contribution in [-0.2, 0) is 11.3 Å². The number of hydrogen-bond acceptors (Lipinski definition) is 4. The molecule has 2 aromatic rings. The van der Waals surface area contributed by atoms with Gasteiger partial charge in [-0.15, -0.1) is 12.4 Å². The summed E-state index contributed by atoms with van der Waals surface area (Å²) < 4.78 is 0. The fraction of sp³-hybridized carbons (Fsp3) is 0.286. The molecule has 0 spiro atoms. The Labute approximate surface area is 123 Å². The van der Waals surface area contributed by atoms with Crippen molar-refractivity contribution in [1.29, 1.82) is 0 Å². The molecule has 0 unspecified atom stereocenters. The summed E-state index contributed by atoms with van der Waals surface area (Å²) in [7, 11) is 0. The van der Waals surface area contributed by atoms with E-state index in [1.165, 1.54) is 0 Å². The first-order valence-electron chi connectivity index (χ1n) is 6.32. The van der Waals surface area contributed by atoms with E-state index in [1.54, 1.807) is 17.2 Å². The third-order valence-corrected chi connectivity index (χ3v) is 3.55. The lowest BCUT2D eigenvalue weighted by atomic mass is 10.1. The molecule has 5 nitrogen and oxygen atoms in total. The van der Waals surface area contributed by atoms with Crippen LogP contribution in [0.25, 0.3) is 10.9 Å². The van der Waals surface area contributed by atoms with E-state index in [9.17, 15) is 4.79 Å². The average molecular weight is 293 g/mol. The van der Waals surface area contributed by atoms with Crippen molar-refractivity contribution in [3.63, 3.8) is 0 Å². The summed E-state index contributed by atoms with van der Waals surface area (Å²) >= 11 is 0. The van der Waals surface area contributed by atoms with Gasteiger partial charge in [0.1, 0.15) is 0 Å². The number of aromatic nitrogens is 1. The molecule has 1 saturated heterocycles. The first-order chi connectivity index (χ1) is 9.15. The molecule has 20 heavy (non-hydrogen) atoms. The predicted octanol–water partition coefficient (Wildman–Crippen LogP) is 1.30. The Morgan fingerprint density at radius 2 is 2.15 bits per heavy atom. The zero-order valence-corrected chi connectivity index (χ0v) is 11.8. The van der Waals surface area contributed by atoms with Crippen LogP contribution in [0.1, 0.15) is 12.0 Å². The molecule has 0 saturated carbocycles. The average Bonchev–Trinajstić information content (AvgIpc) is 2.71. The number of carbonyl (C=O) groups is 1. The van der Waals surface area contributed by atoms with Crippen LogP contribution >= 0.6 is 12.4 Å².